The van der Waals surface area contributed by atoms with Gasteiger partial charge in [0.2, 0.25) is 11.8 Å². The second-order valence-electron chi connectivity index (χ2n) is 16.5. The molecule has 0 radical (unpaired) electrons. The van der Waals surface area contributed by atoms with Gasteiger partial charge in [-0.05, 0) is 99.2 Å². The van der Waals surface area contributed by atoms with E-state index >= 15 is 0 Å². The Kier molecular flexibility index (Phi) is 11.1. The summed E-state index contributed by atoms with van der Waals surface area (Å²) in [5, 5.41) is 11.4. The maximum atomic E-state index is 12.1. The molecular formula is C48H50N10O4S2. The summed E-state index contributed by atoms with van der Waals surface area (Å²) in [6, 6.07) is 12.9. The van der Waals surface area contributed by atoms with Crippen molar-refractivity contribution < 1.29 is 19.1 Å². The lowest BCUT2D eigenvalue weighted by Crippen LogP contribution is -2.26. The molecule has 328 valence electrons. The summed E-state index contributed by atoms with van der Waals surface area (Å²) in [5.74, 6) is 2.90. The number of amides is 2. The lowest BCUT2D eigenvalue weighted by Gasteiger charge is -2.14. The Hall–Kier alpha value is -6.78. The Morgan fingerprint density at radius 1 is 0.672 bits per heavy atom. The van der Waals surface area contributed by atoms with Gasteiger partial charge in [0.15, 0.2) is 11.6 Å². The molecule has 0 aliphatic carbocycles. The number of methoxy groups -OCH3 is 2. The molecule has 16 heteroatoms. The van der Waals surface area contributed by atoms with Crippen molar-refractivity contribution in [1.29, 1.82) is 0 Å². The van der Waals surface area contributed by atoms with E-state index in [0.717, 1.165) is 88.2 Å². The van der Waals surface area contributed by atoms with Gasteiger partial charge < -0.3 is 30.7 Å². The minimum absolute atomic E-state index is 0.0365. The minimum Gasteiger partial charge on any atom is -0.495 e. The first kappa shape index (κ1) is 42.5. The first-order valence-electron chi connectivity index (χ1n) is 21.1. The topological polar surface area (TPSA) is 171 Å². The fraction of sp³-hybridized carbons (Fsp3) is 0.292. The van der Waals surface area contributed by atoms with Gasteiger partial charge in [-0.25, -0.2) is 19.0 Å². The van der Waals surface area contributed by atoms with Crippen molar-refractivity contribution >= 4 is 77.3 Å². The molecule has 2 aliphatic heterocycles. The van der Waals surface area contributed by atoms with Crippen LogP contribution < -0.4 is 20.9 Å². The molecule has 10 rings (SSSR count). The Morgan fingerprint density at radius 3 is 1.45 bits per heavy atom. The van der Waals surface area contributed by atoms with Crippen molar-refractivity contribution in [3.63, 3.8) is 0 Å². The zero-order valence-corrected chi connectivity index (χ0v) is 38.4. The second kappa shape index (κ2) is 16.7. The number of benzene rings is 2. The number of anilines is 2. The molecule has 64 heavy (non-hydrogen) atoms. The van der Waals surface area contributed by atoms with Gasteiger partial charge in [-0.3, -0.25) is 9.59 Å². The molecule has 4 N–H and O–H groups in total. The van der Waals surface area contributed by atoms with E-state index in [2.05, 4.69) is 97.4 Å². The number of thiophene rings is 2. The van der Waals surface area contributed by atoms with Crippen LogP contribution in [0.25, 0.3) is 52.1 Å². The van der Waals surface area contributed by atoms with Crippen molar-refractivity contribution in [3.8, 4) is 32.4 Å². The fourth-order valence-electron chi connectivity index (χ4n) is 9.44. The number of hydrogen-bond acceptors (Lipinski definition) is 12. The van der Waals surface area contributed by atoms with Gasteiger partial charge >= 0.3 is 0 Å². The van der Waals surface area contributed by atoms with Crippen LogP contribution in [0.15, 0.2) is 74.4 Å². The number of likely N-dealkylation sites (tertiary alicyclic amines) is 2. The quantitative estimate of drug-likeness (QED) is 0.141. The highest BCUT2D eigenvalue weighted by Gasteiger charge is 2.32. The van der Waals surface area contributed by atoms with Crippen LogP contribution in [-0.2, 0) is 9.59 Å². The summed E-state index contributed by atoms with van der Waals surface area (Å²) in [4.78, 5) is 38.7. The standard InChI is InChI=1S/2C24H25N5O2S/c2*1-5-20(30)28-7-6-15(11-28)18-10-17(21-24(25)26-12-27-29(18)21)22-14(3)16-8-13(2)9-19(31-4)23(16)32-22/h2*5,8-10,12,15H,1,6-7,11H2,2-4H3,(H2,25,26,27)/t2*15-/m10/s1. The largest absolute Gasteiger partial charge is 0.495 e. The van der Waals surface area contributed by atoms with Crippen molar-refractivity contribution in [2.24, 2.45) is 0 Å². The lowest BCUT2D eigenvalue weighted by atomic mass is 10.0. The Bertz CT molecular complexity index is 2990. The molecule has 14 nitrogen and oxygen atoms in total. The highest BCUT2D eigenvalue weighted by molar-refractivity contribution is 7.23. The number of aromatic nitrogens is 6. The molecule has 6 aromatic heterocycles. The molecule has 8 aromatic rings. The molecule has 0 bridgehead atoms. The molecule has 2 amide bonds. The van der Waals surface area contributed by atoms with E-state index in [1.807, 2.05) is 18.8 Å². The second-order valence-corrected chi connectivity index (χ2v) is 18.6. The fourth-order valence-corrected chi connectivity index (χ4v) is 12.0. The van der Waals surface area contributed by atoms with Crippen LogP contribution in [0.3, 0.4) is 0 Å². The average Bonchev–Trinajstić information content (AvgIpc) is 4.16. The van der Waals surface area contributed by atoms with Crippen LogP contribution in [0.1, 0.15) is 58.3 Å². The SMILES string of the molecule is C=CC(=O)N1CC[C@@H](c2cc(-c3sc4c(OC)cc(C)cc4c3C)c3c(N)ncnn23)C1.C=CC(=O)N1CC[C@H](c2cc(-c3sc4c(OC)cc(C)cc4c3C)c3c(N)ncnn23)C1. The smallest absolute Gasteiger partial charge is 0.245 e. The van der Waals surface area contributed by atoms with Gasteiger partial charge in [-0.2, -0.15) is 10.2 Å². The molecule has 2 saturated heterocycles. The number of rotatable bonds is 8. The van der Waals surface area contributed by atoms with Gasteiger partial charge in [0.05, 0.1) is 23.6 Å². The Labute approximate surface area is 378 Å². The number of nitrogens with two attached hydrogens (primary N) is 2. The number of nitrogens with zero attached hydrogens (tertiary/aromatic N) is 8. The third-order valence-electron chi connectivity index (χ3n) is 12.6. The number of fused-ring (bicyclic) bond motifs is 4. The molecule has 2 fully saturated rings. The minimum atomic E-state index is -0.0365. The summed E-state index contributed by atoms with van der Waals surface area (Å²) < 4.78 is 17.4. The molecule has 0 unspecified atom stereocenters. The van der Waals surface area contributed by atoms with E-state index in [0.29, 0.717) is 37.8 Å². The van der Waals surface area contributed by atoms with Gasteiger partial charge in [-0.1, -0.05) is 25.3 Å². The Balaban J connectivity index is 0.000000162. The predicted octanol–water partition coefficient (Wildman–Crippen LogP) is 8.64. The third kappa shape index (κ3) is 7.10. The molecule has 0 spiro atoms. The summed E-state index contributed by atoms with van der Waals surface area (Å²) in [5.41, 5.74) is 23.1. The first-order valence-corrected chi connectivity index (χ1v) is 22.7. The summed E-state index contributed by atoms with van der Waals surface area (Å²) in [7, 11) is 3.41. The van der Waals surface area contributed by atoms with Crippen molar-refractivity contribution in [3.05, 3.63) is 108 Å². The lowest BCUT2D eigenvalue weighted by molar-refractivity contribution is -0.125. The maximum Gasteiger partial charge on any atom is 0.245 e. The van der Waals surface area contributed by atoms with E-state index in [4.69, 9.17) is 20.9 Å². The zero-order valence-electron chi connectivity index (χ0n) is 36.8. The average molecular weight is 895 g/mol. The van der Waals surface area contributed by atoms with Crippen molar-refractivity contribution in [1.82, 2.24) is 39.0 Å². The van der Waals surface area contributed by atoms with E-state index in [1.54, 1.807) is 36.9 Å². The molecular weight excluding hydrogens is 845 g/mol. The van der Waals surface area contributed by atoms with Gasteiger partial charge in [0, 0.05) is 81.1 Å². The van der Waals surface area contributed by atoms with Gasteiger partial charge in [0.25, 0.3) is 0 Å². The number of carbonyl (C=O) groups excluding carboxylic acids is 2. The Morgan fingerprint density at radius 2 is 1.08 bits per heavy atom. The summed E-state index contributed by atoms with van der Waals surface area (Å²) in [6.07, 6.45) is 7.46. The molecule has 0 saturated carbocycles. The van der Waals surface area contributed by atoms with E-state index in [-0.39, 0.29) is 23.7 Å². The number of nitrogen functional groups attached to an aromatic ring is 2. The number of ether oxygens (including phenoxy) is 2. The van der Waals surface area contributed by atoms with Crippen LogP contribution in [-0.4, -0.2) is 91.2 Å². The van der Waals surface area contributed by atoms with E-state index in [9.17, 15) is 9.59 Å². The van der Waals surface area contributed by atoms with E-state index < -0.39 is 0 Å². The first-order chi connectivity index (χ1) is 30.8. The molecule has 2 aromatic carbocycles. The molecule has 2 atom stereocenters. The van der Waals surface area contributed by atoms with E-state index in [1.165, 1.54) is 46.7 Å². The molecule has 2 aliphatic rings. The number of aryl methyl sites for hydroxylation is 4. The maximum absolute atomic E-state index is 12.1. The number of carbonyl (C=O) groups is 2. The van der Waals surface area contributed by atoms with Gasteiger partial charge in [-0.15, -0.1) is 22.7 Å². The highest BCUT2D eigenvalue weighted by atomic mass is 32.1. The number of hydrogen-bond donors (Lipinski definition) is 2. The van der Waals surface area contributed by atoms with Crippen LogP contribution >= 0.6 is 22.7 Å². The predicted molar refractivity (Wildman–Crippen MR) is 257 cm³/mol. The molecule has 8 heterocycles. The highest BCUT2D eigenvalue weighted by Crippen LogP contribution is 2.48. The van der Waals surface area contributed by atoms with Crippen LogP contribution in [0, 0.1) is 27.7 Å². The van der Waals surface area contributed by atoms with Crippen molar-refractivity contribution in [2.45, 2.75) is 52.4 Å². The van der Waals surface area contributed by atoms with Crippen LogP contribution in [0.4, 0.5) is 11.6 Å². The monoisotopic (exact) mass is 894 g/mol. The summed E-state index contributed by atoms with van der Waals surface area (Å²) in [6.45, 7) is 18.3. The van der Waals surface area contributed by atoms with Crippen LogP contribution in [0.2, 0.25) is 0 Å². The van der Waals surface area contributed by atoms with Gasteiger partial charge in [0.1, 0.15) is 35.2 Å². The van der Waals surface area contributed by atoms with Crippen molar-refractivity contribution in [2.75, 3.05) is 51.9 Å². The summed E-state index contributed by atoms with van der Waals surface area (Å²) >= 11 is 3.40. The zero-order chi connectivity index (χ0) is 45.1. The normalized spacial score (nSPS) is 16.2. The van der Waals surface area contributed by atoms with Crippen LogP contribution in [0.5, 0.6) is 11.5 Å². The third-order valence-corrected chi connectivity index (χ3v) is 15.3.